The molecule has 7 heteroatoms. The van der Waals surface area contributed by atoms with Gasteiger partial charge in [-0.15, -0.1) is 0 Å². The summed E-state index contributed by atoms with van der Waals surface area (Å²) in [5, 5.41) is 13.3. The highest BCUT2D eigenvalue weighted by Crippen LogP contribution is 2.35. The summed E-state index contributed by atoms with van der Waals surface area (Å²) >= 11 is 0. The Morgan fingerprint density at radius 1 is 1.14 bits per heavy atom. The molecule has 148 valence electrons. The van der Waals surface area contributed by atoms with Crippen LogP contribution in [-0.2, 0) is 24.4 Å². The highest BCUT2D eigenvalue weighted by molar-refractivity contribution is 5.94. The van der Waals surface area contributed by atoms with Crippen LogP contribution in [-0.4, -0.2) is 27.0 Å². The molecular formula is C22H23N5O2. The van der Waals surface area contributed by atoms with E-state index in [1.807, 2.05) is 55.5 Å². The molecule has 0 fully saturated rings. The molecular weight excluding hydrogens is 366 g/mol. The van der Waals surface area contributed by atoms with E-state index in [-0.39, 0.29) is 11.9 Å². The van der Waals surface area contributed by atoms with Crippen LogP contribution in [0.1, 0.15) is 29.3 Å². The first-order chi connectivity index (χ1) is 14.0. The number of anilines is 1. The molecule has 0 atom stereocenters. The van der Waals surface area contributed by atoms with Gasteiger partial charge in [0.05, 0.1) is 30.2 Å². The van der Waals surface area contributed by atoms with E-state index in [1.54, 1.807) is 4.90 Å². The first-order valence-electron chi connectivity index (χ1n) is 9.52. The lowest BCUT2D eigenvalue weighted by molar-refractivity contribution is -0.114. The Balaban J connectivity index is 1.52. The van der Waals surface area contributed by atoms with Gasteiger partial charge in [0, 0.05) is 24.6 Å². The Morgan fingerprint density at radius 3 is 2.69 bits per heavy atom. The molecule has 7 nitrogen and oxygen atoms in total. The van der Waals surface area contributed by atoms with E-state index in [0.717, 1.165) is 39.3 Å². The van der Waals surface area contributed by atoms with Gasteiger partial charge in [-0.05, 0) is 24.6 Å². The number of aromatic amines is 1. The van der Waals surface area contributed by atoms with Crippen LogP contribution < -0.4 is 10.6 Å². The number of benzene rings is 2. The predicted molar refractivity (Wildman–Crippen MR) is 111 cm³/mol. The van der Waals surface area contributed by atoms with Gasteiger partial charge in [-0.3, -0.25) is 9.89 Å². The Labute approximate surface area is 169 Å². The molecule has 3 aromatic rings. The number of H-pyrrole nitrogens is 1. The molecule has 0 radical (unpaired) electrons. The van der Waals surface area contributed by atoms with Crippen molar-refractivity contribution < 1.29 is 9.59 Å². The van der Waals surface area contributed by atoms with Crippen molar-refractivity contribution >= 4 is 17.6 Å². The maximum atomic E-state index is 12.6. The fraction of sp³-hybridized carbons (Fsp3) is 0.227. The number of hydrogen-bond donors (Lipinski definition) is 3. The molecule has 2 heterocycles. The lowest BCUT2D eigenvalue weighted by atomic mass is 10.0. The third-order valence-electron chi connectivity index (χ3n) is 4.97. The third-order valence-corrected chi connectivity index (χ3v) is 4.97. The maximum Gasteiger partial charge on any atom is 0.318 e. The van der Waals surface area contributed by atoms with Crippen LogP contribution in [0.3, 0.4) is 0 Å². The van der Waals surface area contributed by atoms with Gasteiger partial charge < -0.3 is 15.5 Å². The van der Waals surface area contributed by atoms with Crippen LogP contribution in [0.15, 0.2) is 48.5 Å². The number of nitrogens with one attached hydrogen (secondary N) is 3. The van der Waals surface area contributed by atoms with Crippen LogP contribution in [0.2, 0.25) is 0 Å². The number of carbonyl (C=O) groups excluding carboxylic acids is 2. The van der Waals surface area contributed by atoms with Crippen molar-refractivity contribution in [1.29, 1.82) is 0 Å². The lowest BCUT2D eigenvalue weighted by Crippen LogP contribution is -2.36. The van der Waals surface area contributed by atoms with E-state index >= 15 is 0 Å². The van der Waals surface area contributed by atoms with Gasteiger partial charge in [-0.1, -0.05) is 42.0 Å². The van der Waals surface area contributed by atoms with E-state index in [1.165, 1.54) is 6.92 Å². The quantitative estimate of drug-likeness (QED) is 0.637. The molecule has 1 aliphatic rings. The van der Waals surface area contributed by atoms with Crippen molar-refractivity contribution in [2.24, 2.45) is 0 Å². The molecule has 2 aromatic carbocycles. The Hall–Kier alpha value is -3.61. The molecule has 3 amide bonds. The SMILES string of the molecule is CC(=O)Nc1ccc(C)cc1-c1[nH]nc2c1CN(C(=O)NCc1ccccc1)C2. The number of urea groups is 1. The normalized spacial score (nSPS) is 12.6. The molecule has 1 aliphatic heterocycles. The molecule has 0 aliphatic carbocycles. The minimum atomic E-state index is -0.131. The zero-order chi connectivity index (χ0) is 20.4. The smallest absolute Gasteiger partial charge is 0.318 e. The van der Waals surface area contributed by atoms with E-state index in [4.69, 9.17) is 0 Å². The molecule has 0 saturated heterocycles. The summed E-state index contributed by atoms with van der Waals surface area (Å²) < 4.78 is 0. The van der Waals surface area contributed by atoms with Crippen molar-refractivity contribution in [2.75, 3.05) is 5.32 Å². The van der Waals surface area contributed by atoms with Crippen LogP contribution in [0.25, 0.3) is 11.3 Å². The number of aryl methyl sites for hydroxylation is 1. The first kappa shape index (κ1) is 18.7. The summed E-state index contributed by atoms with van der Waals surface area (Å²) in [6, 6.07) is 15.5. The van der Waals surface area contributed by atoms with E-state index in [9.17, 15) is 9.59 Å². The fourth-order valence-corrected chi connectivity index (χ4v) is 3.55. The summed E-state index contributed by atoms with van der Waals surface area (Å²) in [6.45, 7) is 4.89. The van der Waals surface area contributed by atoms with Gasteiger partial charge >= 0.3 is 6.03 Å². The number of hydrogen-bond acceptors (Lipinski definition) is 3. The average molecular weight is 389 g/mol. The predicted octanol–water partition coefficient (Wildman–Crippen LogP) is 3.57. The van der Waals surface area contributed by atoms with Gasteiger partial charge in [0.15, 0.2) is 0 Å². The van der Waals surface area contributed by atoms with Crippen molar-refractivity contribution in [2.45, 2.75) is 33.5 Å². The molecule has 0 bridgehead atoms. The average Bonchev–Trinajstić information content (AvgIpc) is 3.29. The van der Waals surface area contributed by atoms with E-state index < -0.39 is 0 Å². The lowest BCUT2D eigenvalue weighted by Gasteiger charge is -2.17. The van der Waals surface area contributed by atoms with Gasteiger partial charge in [0.2, 0.25) is 5.91 Å². The highest BCUT2D eigenvalue weighted by atomic mass is 16.2. The third kappa shape index (κ3) is 3.99. The van der Waals surface area contributed by atoms with Gasteiger partial charge in [-0.25, -0.2) is 4.79 Å². The van der Waals surface area contributed by atoms with Gasteiger partial charge in [0.25, 0.3) is 0 Å². The number of fused-ring (bicyclic) bond motifs is 1. The molecule has 29 heavy (non-hydrogen) atoms. The van der Waals surface area contributed by atoms with Crippen molar-refractivity contribution in [3.63, 3.8) is 0 Å². The zero-order valence-corrected chi connectivity index (χ0v) is 16.5. The molecule has 4 rings (SSSR count). The standard InChI is InChI=1S/C22H23N5O2/c1-14-8-9-19(24-15(2)28)17(10-14)21-18-12-27(13-20(18)25-26-21)22(29)23-11-16-6-4-3-5-7-16/h3-10H,11-13H2,1-2H3,(H,23,29)(H,24,28)(H,25,26). The Bertz CT molecular complexity index is 1060. The Morgan fingerprint density at radius 2 is 1.93 bits per heavy atom. The Kier molecular flexibility index (Phi) is 5.03. The van der Waals surface area contributed by atoms with Crippen LogP contribution in [0, 0.1) is 6.92 Å². The second-order valence-electron chi connectivity index (χ2n) is 7.25. The minimum absolute atomic E-state index is 0.121. The number of rotatable bonds is 4. The first-order valence-corrected chi connectivity index (χ1v) is 9.52. The van der Waals surface area contributed by atoms with Gasteiger partial charge in [-0.2, -0.15) is 5.10 Å². The van der Waals surface area contributed by atoms with E-state index in [0.29, 0.717) is 19.6 Å². The zero-order valence-electron chi connectivity index (χ0n) is 16.5. The number of nitrogens with zero attached hydrogens (tertiary/aromatic N) is 2. The molecule has 0 spiro atoms. The topological polar surface area (TPSA) is 90.1 Å². The van der Waals surface area contributed by atoms with E-state index in [2.05, 4.69) is 20.8 Å². The van der Waals surface area contributed by atoms with Crippen molar-refractivity contribution in [1.82, 2.24) is 20.4 Å². The molecule has 0 saturated carbocycles. The second kappa shape index (κ2) is 7.79. The minimum Gasteiger partial charge on any atom is -0.334 e. The molecule has 3 N–H and O–H groups in total. The summed E-state index contributed by atoms with van der Waals surface area (Å²) in [5.74, 6) is -0.131. The fourth-order valence-electron chi connectivity index (χ4n) is 3.55. The second-order valence-corrected chi connectivity index (χ2v) is 7.25. The van der Waals surface area contributed by atoms with Crippen LogP contribution >= 0.6 is 0 Å². The summed E-state index contributed by atoms with van der Waals surface area (Å²) in [7, 11) is 0. The van der Waals surface area contributed by atoms with Crippen LogP contribution in [0.4, 0.5) is 10.5 Å². The summed E-state index contributed by atoms with van der Waals surface area (Å²) in [5.41, 5.74) is 6.40. The van der Waals surface area contributed by atoms with Crippen molar-refractivity contribution in [3.8, 4) is 11.3 Å². The summed E-state index contributed by atoms with van der Waals surface area (Å²) in [6.07, 6.45) is 0. The summed E-state index contributed by atoms with van der Waals surface area (Å²) in [4.78, 5) is 25.9. The number of aromatic nitrogens is 2. The maximum absolute atomic E-state index is 12.6. The van der Waals surface area contributed by atoms with Crippen LogP contribution in [0.5, 0.6) is 0 Å². The van der Waals surface area contributed by atoms with Crippen molar-refractivity contribution in [3.05, 3.63) is 70.9 Å². The monoisotopic (exact) mass is 389 g/mol. The number of carbonyl (C=O) groups is 2. The van der Waals surface area contributed by atoms with Gasteiger partial charge in [0.1, 0.15) is 0 Å². The number of amides is 3. The molecule has 1 aromatic heterocycles. The largest absolute Gasteiger partial charge is 0.334 e. The highest BCUT2D eigenvalue weighted by Gasteiger charge is 2.29. The molecule has 0 unspecified atom stereocenters.